The van der Waals surface area contributed by atoms with Crippen LogP contribution >= 0.6 is 0 Å². The van der Waals surface area contributed by atoms with Gasteiger partial charge in [0.1, 0.15) is 0 Å². The molecule has 0 aliphatic carbocycles. The van der Waals surface area contributed by atoms with Gasteiger partial charge < -0.3 is 0 Å². The van der Waals surface area contributed by atoms with Crippen molar-refractivity contribution in [2.24, 2.45) is 0 Å². The smallest absolute Gasteiger partial charge is 0.236 e. The highest BCUT2D eigenvalue weighted by atomic mass is 19.2. The summed E-state index contributed by atoms with van der Waals surface area (Å²) in [5, 5.41) is 0. The van der Waals surface area contributed by atoms with Gasteiger partial charge in [-0.05, 0) is 12.1 Å². The van der Waals surface area contributed by atoms with E-state index in [0.29, 0.717) is 0 Å². The van der Waals surface area contributed by atoms with Gasteiger partial charge in [0.2, 0.25) is 11.6 Å². The molecule has 0 saturated heterocycles. The van der Waals surface area contributed by atoms with Gasteiger partial charge in [-0.25, -0.2) is 8.78 Å². The van der Waals surface area contributed by atoms with Gasteiger partial charge in [-0.1, -0.05) is 36.4 Å². The molecule has 2 aromatic carbocycles. The van der Waals surface area contributed by atoms with E-state index in [1.165, 1.54) is 18.2 Å². The molecular weight excluding hydrogens is 238 g/mol. The topological polar surface area (TPSA) is 34.1 Å². The maximum atomic E-state index is 13.4. The summed E-state index contributed by atoms with van der Waals surface area (Å²) in [6.45, 7) is 0. The third-order valence-electron chi connectivity index (χ3n) is 2.44. The summed E-state index contributed by atoms with van der Waals surface area (Å²) >= 11 is 0. The SMILES string of the molecule is O=C(C(=O)c1cccc(F)c1F)c1ccccc1. The van der Waals surface area contributed by atoms with Crippen LogP contribution in [0.5, 0.6) is 0 Å². The molecule has 0 N–H and O–H groups in total. The summed E-state index contributed by atoms with van der Waals surface area (Å²) < 4.78 is 26.3. The predicted molar refractivity (Wildman–Crippen MR) is 61.5 cm³/mol. The van der Waals surface area contributed by atoms with Gasteiger partial charge in [0.05, 0.1) is 5.56 Å². The molecule has 0 bridgehead atoms. The van der Waals surface area contributed by atoms with E-state index in [9.17, 15) is 18.4 Å². The Bertz CT molecular complexity index is 606. The molecule has 0 aliphatic rings. The monoisotopic (exact) mass is 246 g/mol. The molecule has 4 heteroatoms. The molecule has 0 aromatic heterocycles. The molecule has 18 heavy (non-hydrogen) atoms. The van der Waals surface area contributed by atoms with Crippen molar-refractivity contribution >= 4 is 11.6 Å². The van der Waals surface area contributed by atoms with Gasteiger partial charge in [0, 0.05) is 5.56 Å². The number of benzene rings is 2. The van der Waals surface area contributed by atoms with Crippen LogP contribution in [0, 0.1) is 11.6 Å². The lowest BCUT2D eigenvalue weighted by Crippen LogP contribution is -2.16. The van der Waals surface area contributed by atoms with Gasteiger partial charge >= 0.3 is 0 Å². The van der Waals surface area contributed by atoms with E-state index < -0.39 is 28.8 Å². The van der Waals surface area contributed by atoms with Crippen LogP contribution in [-0.2, 0) is 0 Å². The first-order valence-corrected chi connectivity index (χ1v) is 5.19. The molecule has 2 aromatic rings. The normalized spacial score (nSPS) is 10.1. The van der Waals surface area contributed by atoms with Crippen molar-refractivity contribution in [3.8, 4) is 0 Å². The number of carbonyl (C=O) groups is 2. The zero-order chi connectivity index (χ0) is 13.1. The molecule has 2 rings (SSSR count). The molecule has 90 valence electrons. The van der Waals surface area contributed by atoms with Crippen molar-refractivity contribution in [3.63, 3.8) is 0 Å². The number of halogens is 2. The second-order valence-corrected chi connectivity index (χ2v) is 3.63. The molecule has 0 radical (unpaired) electrons. The van der Waals surface area contributed by atoms with Crippen molar-refractivity contribution in [2.45, 2.75) is 0 Å². The van der Waals surface area contributed by atoms with Crippen LogP contribution in [0.15, 0.2) is 48.5 Å². The fraction of sp³-hybridized carbons (Fsp3) is 0. The van der Waals surface area contributed by atoms with Gasteiger partial charge in [0.15, 0.2) is 11.6 Å². The number of carbonyl (C=O) groups excluding carboxylic acids is 2. The lowest BCUT2D eigenvalue weighted by molar-refractivity contribution is 0.0814. The van der Waals surface area contributed by atoms with E-state index in [4.69, 9.17) is 0 Å². The third-order valence-corrected chi connectivity index (χ3v) is 2.44. The minimum Gasteiger partial charge on any atom is -0.285 e. The standard InChI is InChI=1S/C14H8F2O2/c15-11-8-4-7-10(12(11)16)14(18)13(17)9-5-2-1-3-6-9/h1-8H. The number of ketones is 2. The average Bonchev–Trinajstić information content (AvgIpc) is 2.41. The maximum Gasteiger partial charge on any atom is 0.236 e. The minimum atomic E-state index is -1.30. The number of hydrogen-bond acceptors (Lipinski definition) is 2. The van der Waals surface area contributed by atoms with E-state index >= 15 is 0 Å². The largest absolute Gasteiger partial charge is 0.285 e. The molecule has 0 spiro atoms. The van der Waals surface area contributed by atoms with Gasteiger partial charge in [0.25, 0.3) is 0 Å². The summed E-state index contributed by atoms with van der Waals surface area (Å²) in [6.07, 6.45) is 0. The van der Waals surface area contributed by atoms with Gasteiger partial charge in [-0.15, -0.1) is 0 Å². The Kier molecular flexibility index (Phi) is 3.28. The number of hydrogen-bond donors (Lipinski definition) is 0. The van der Waals surface area contributed by atoms with Gasteiger partial charge in [-0.2, -0.15) is 0 Å². The van der Waals surface area contributed by atoms with Crippen LogP contribution in [0.3, 0.4) is 0 Å². The zero-order valence-electron chi connectivity index (χ0n) is 9.19. The summed E-state index contributed by atoms with van der Waals surface area (Å²) in [5.74, 6) is -4.37. The first-order valence-electron chi connectivity index (χ1n) is 5.19. The molecule has 0 saturated carbocycles. The van der Waals surface area contributed by atoms with Crippen molar-refractivity contribution < 1.29 is 18.4 Å². The predicted octanol–water partition coefficient (Wildman–Crippen LogP) is 3.03. The van der Waals surface area contributed by atoms with Crippen molar-refractivity contribution in [1.29, 1.82) is 0 Å². The highest BCUT2D eigenvalue weighted by Gasteiger charge is 2.22. The van der Waals surface area contributed by atoms with Crippen LogP contribution in [-0.4, -0.2) is 11.6 Å². The molecule has 0 aliphatic heterocycles. The Morgan fingerprint density at radius 3 is 2.11 bits per heavy atom. The lowest BCUT2D eigenvalue weighted by atomic mass is 10.0. The molecule has 0 unspecified atom stereocenters. The quantitative estimate of drug-likeness (QED) is 0.616. The number of rotatable bonds is 3. The second kappa shape index (κ2) is 4.87. The molecule has 0 heterocycles. The zero-order valence-corrected chi connectivity index (χ0v) is 9.19. The third kappa shape index (κ3) is 2.18. The first kappa shape index (κ1) is 12.1. The molecule has 0 amide bonds. The van der Waals surface area contributed by atoms with Crippen molar-refractivity contribution in [1.82, 2.24) is 0 Å². The average molecular weight is 246 g/mol. The minimum absolute atomic E-state index is 0.145. The number of Topliss-reactive ketones (excluding diaryl/α,β-unsaturated/α-hetero) is 2. The fourth-order valence-electron chi connectivity index (χ4n) is 1.52. The van der Waals surface area contributed by atoms with E-state index in [2.05, 4.69) is 0 Å². The van der Waals surface area contributed by atoms with Crippen LogP contribution < -0.4 is 0 Å². The van der Waals surface area contributed by atoms with Crippen molar-refractivity contribution in [3.05, 3.63) is 71.3 Å². The van der Waals surface area contributed by atoms with E-state index in [-0.39, 0.29) is 5.56 Å². The highest BCUT2D eigenvalue weighted by molar-refractivity contribution is 6.49. The summed E-state index contributed by atoms with van der Waals surface area (Å²) in [4.78, 5) is 23.5. The Labute approximate surface area is 102 Å². The molecule has 2 nitrogen and oxygen atoms in total. The van der Waals surface area contributed by atoms with Crippen LogP contribution in [0.1, 0.15) is 20.7 Å². The van der Waals surface area contributed by atoms with Crippen LogP contribution in [0.25, 0.3) is 0 Å². The van der Waals surface area contributed by atoms with E-state index in [1.54, 1.807) is 18.2 Å². The van der Waals surface area contributed by atoms with E-state index in [1.807, 2.05) is 0 Å². The summed E-state index contributed by atoms with van der Waals surface area (Å²) in [6, 6.07) is 10.9. The van der Waals surface area contributed by atoms with E-state index in [0.717, 1.165) is 12.1 Å². The molecule has 0 fully saturated rings. The first-order chi connectivity index (χ1) is 8.61. The Hall–Kier alpha value is -2.36. The van der Waals surface area contributed by atoms with Crippen LogP contribution in [0.2, 0.25) is 0 Å². The Morgan fingerprint density at radius 1 is 0.778 bits per heavy atom. The maximum absolute atomic E-state index is 13.4. The molecule has 0 atom stereocenters. The van der Waals surface area contributed by atoms with Crippen molar-refractivity contribution in [2.75, 3.05) is 0 Å². The Morgan fingerprint density at radius 2 is 1.44 bits per heavy atom. The van der Waals surface area contributed by atoms with Gasteiger partial charge in [-0.3, -0.25) is 9.59 Å². The Balaban J connectivity index is 2.38. The summed E-state index contributed by atoms with van der Waals surface area (Å²) in [5.41, 5.74) is -0.407. The molecular formula is C14H8F2O2. The van der Waals surface area contributed by atoms with Crippen LogP contribution in [0.4, 0.5) is 8.78 Å². The second-order valence-electron chi connectivity index (χ2n) is 3.63. The highest BCUT2D eigenvalue weighted by Crippen LogP contribution is 2.14. The summed E-state index contributed by atoms with van der Waals surface area (Å²) in [7, 11) is 0. The fourth-order valence-corrected chi connectivity index (χ4v) is 1.52. The lowest BCUT2D eigenvalue weighted by Gasteiger charge is -2.02.